The van der Waals surface area contributed by atoms with E-state index in [0.29, 0.717) is 11.1 Å². The Labute approximate surface area is 133 Å². The normalized spacial score (nSPS) is 27.9. The average Bonchev–Trinajstić information content (AvgIpc) is 2.86. The van der Waals surface area contributed by atoms with E-state index in [1.807, 2.05) is 0 Å². The summed E-state index contributed by atoms with van der Waals surface area (Å²) in [4.78, 5) is 0. The molecule has 2 aromatic carbocycles. The molecule has 0 aliphatic carbocycles. The monoisotopic (exact) mass is 312 g/mol. The van der Waals surface area contributed by atoms with Crippen LogP contribution in [-0.4, -0.2) is 7.38 Å². The van der Waals surface area contributed by atoms with Gasteiger partial charge in [-0.3, -0.25) is 0 Å². The van der Waals surface area contributed by atoms with Gasteiger partial charge in [-0.15, -0.1) is 0 Å². The molecule has 3 rings (SSSR count). The summed E-state index contributed by atoms with van der Waals surface area (Å²) in [5.41, 5.74) is 3.60. The van der Waals surface area contributed by atoms with E-state index in [0.717, 1.165) is 12.5 Å². The lowest BCUT2D eigenvalue weighted by molar-refractivity contribution is 0.989. The number of rotatable bonds is 4. The van der Waals surface area contributed by atoms with E-state index in [1.165, 1.54) is 11.1 Å². The minimum atomic E-state index is -1.97. The molecule has 2 atom stereocenters. The highest BCUT2D eigenvalue weighted by molar-refractivity contribution is 7.22. The fourth-order valence-corrected chi connectivity index (χ4v) is 9.42. The summed E-state index contributed by atoms with van der Waals surface area (Å²) in [5.74, 6) is 0. The number of halogens is 1. The Hall–Kier alpha value is -1.31. The molecule has 21 heavy (non-hydrogen) atoms. The van der Waals surface area contributed by atoms with Crippen molar-refractivity contribution in [1.82, 2.24) is 0 Å². The van der Waals surface area contributed by atoms with Crippen LogP contribution in [0.3, 0.4) is 0 Å². The minimum absolute atomic E-state index is 0.422. The molecule has 0 saturated carbocycles. The van der Waals surface area contributed by atoms with Crippen LogP contribution in [0.1, 0.15) is 35.6 Å². The Morgan fingerprint density at radius 2 is 1.24 bits per heavy atom. The molecule has 0 saturated heterocycles. The van der Waals surface area contributed by atoms with E-state index in [4.69, 9.17) is 11.1 Å². The molecule has 108 valence electrons. The minimum Gasteiger partial charge on any atom is -0.165 e. The molecular weight excluding hydrogens is 292 g/mol. The summed E-state index contributed by atoms with van der Waals surface area (Å²) < 4.78 is 0. The highest BCUT2D eigenvalue weighted by Crippen LogP contribution is 2.50. The van der Waals surface area contributed by atoms with Crippen LogP contribution in [0, 0.1) is 0 Å². The van der Waals surface area contributed by atoms with Crippen molar-refractivity contribution in [3.8, 4) is 0 Å². The lowest BCUT2D eigenvalue weighted by atomic mass is 10.1. The maximum Gasteiger partial charge on any atom is 0.178 e. The van der Waals surface area contributed by atoms with Crippen LogP contribution >= 0.6 is 11.1 Å². The maximum absolute atomic E-state index is 7.35. The maximum atomic E-state index is 7.35. The Balaban J connectivity index is 1.99. The zero-order valence-electron chi connectivity index (χ0n) is 12.4. The molecule has 2 aromatic rings. The van der Waals surface area contributed by atoms with Crippen molar-refractivity contribution < 1.29 is 0 Å². The first-order chi connectivity index (χ1) is 10.3. The lowest BCUT2D eigenvalue weighted by Crippen LogP contribution is -2.38. The molecule has 0 spiro atoms. The highest BCUT2D eigenvalue weighted by Gasteiger charge is 2.48. The summed E-state index contributed by atoms with van der Waals surface area (Å²) in [6.45, 7) is 2.25. The van der Waals surface area contributed by atoms with Gasteiger partial charge < -0.3 is 0 Å². The lowest BCUT2D eigenvalue weighted by Gasteiger charge is -2.33. The predicted molar refractivity (Wildman–Crippen MR) is 94.2 cm³/mol. The fourth-order valence-electron chi connectivity index (χ4n) is 3.53. The van der Waals surface area contributed by atoms with Gasteiger partial charge in [0.25, 0.3) is 0 Å². The van der Waals surface area contributed by atoms with E-state index in [-0.39, 0.29) is 0 Å². The number of hydrogen-bond donors (Lipinski definition) is 0. The van der Waals surface area contributed by atoms with E-state index < -0.39 is 7.38 Å². The quantitative estimate of drug-likeness (QED) is 0.380. The van der Waals surface area contributed by atoms with Crippen molar-refractivity contribution in [1.29, 1.82) is 0 Å². The largest absolute Gasteiger partial charge is 0.178 e. The predicted octanol–water partition coefficient (Wildman–Crippen LogP) is 5.80. The second-order valence-corrected chi connectivity index (χ2v) is 11.5. The van der Waals surface area contributed by atoms with Crippen molar-refractivity contribution in [2.24, 2.45) is 0 Å². The second-order valence-electron chi connectivity index (χ2n) is 5.84. The van der Waals surface area contributed by atoms with Gasteiger partial charge in [-0.25, -0.2) is 0 Å². The molecule has 1 aliphatic heterocycles. The third-order valence-corrected chi connectivity index (χ3v) is 10.8. The van der Waals surface area contributed by atoms with Crippen molar-refractivity contribution in [3.05, 3.63) is 83.9 Å². The summed E-state index contributed by atoms with van der Waals surface area (Å²) in [6.07, 6.45) is 5.88. The SMILES string of the molecule is CCC[Si]1(Cl)C(c2ccccc2)C=CC1c1ccccc1. The third kappa shape index (κ3) is 2.73. The first kappa shape index (κ1) is 14.6. The van der Waals surface area contributed by atoms with Gasteiger partial charge in [0.2, 0.25) is 0 Å². The molecule has 0 N–H and O–H groups in total. The van der Waals surface area contributed by atoms with E-state index in [2.05, 4.69) is 79.7 Å². The first-order valence-corrected chi connectivity index (χ1v) is 11.1. The van der Waals surface area contributed by atoms with Crippen LogP contribution in [0.15, 0.2) is 72.8 Å². The molecule has 1 aliphatic rings. The standard InChI is InChI=1S/C19H21ClSi/c1-2-15-21(20)18(16-9-5-3-6-10-16)13-14-19(21)17-11-7-4-8-12-17/h3-14,18-19H,2,15H2,1H3. The topological polar surface area (TPSA) is 0 Å². The van der Waals surface area contributed by atoms with Crippen molar-refractivity contribution in [2.45, 2.75) is 30.5 Å². The summed E-state index contributed by atoms with van der Waals surface area (Å²) in [6, 6.07) is 22.7. The summed E-state index contributed by atoms with van der Waals surface area (Å²) >= 11 is 7.35. The van der Waals surface area contributed by atoms with Crippen LogP contribution in [0.4, 0.5) is 0 Å². The molecular formula is C19H21ClSi. The Morgan fingerprint density at radius 3 is 1.62 bits per heavy atom. The summed E-state index contributed by atoms with van der Waals surface area (Å²) in [7, 11) is -1.97. The van der Waals surface area contributed by atoms with Crippen LogP contribution < -0.4 is 0 Å². The van der Waals surface area contributed by atoms with Gasteiger partial charge in [0.15, 0.2) is 7.38 Å². The molecule has 0 aromatic heterocycles. The van der Waals surface area contributed by atoms with Gasteiger partial charge in [0, 0.05) is 11.1 Å². The van der Waals surface area contributed by atoms with Gasteiger partial charge >= 0.3 is 0 Å². The van der Waals surface area contributed by atoms with Crippen molar-refractivity contribution in [3.63, 3.8) is 0 Å². The Kier molecular flexibility index (Phi) is 4.32. The molecule has 0 nitrogen and oxygen atoms in total. The van der Waals surface area contributed by atoms with E-state index in [1.54, 1.807) is 0 Å². The van der Waals surface area contributed by atoms with Crippen LogP contribution in [-0.2, 0) is 0 Å². The van der Waals surface area contributed by atoms with Crippen molar-refractivity contribution >= 4 is 18.5 Å². The van der Waals surface area contributed by atoms with E-state index >= 15 is 0 Å². The Bertz CT molecular complexity index is 556. The van der Waals surface area contributed by atoms with E-state index in [9.17, 15) is 0 Å². The first-order valence-electron chi connectivity index (χ1n) is 7.73. The molecule has 2 unspecified atom stereocenters. The van der Waals surface area contributed by atoms with Gasteiger partial charge in [0.05, 0.1) is 0 Å². The molecule has 2 heteroatoms. The molecule has 0 bridgehead atoms. The molecule has 0 fully saturated rings. The van der Waals surface area contributed by atoms with Crippen molar-refractivity contribution in [2.75, 3.05) is 0 Å². The smallest absolute Gasteiger partial charge is 0.165 e. The summed E-state index contributed by atoms with van der Waals surface area (Å²) in [5, 5.41) is 0. The average molecular weight is 313 g/mol. The number of allylic oxidation sites excluding steroid dienone is 2. The molecule has 0 amide bonds. The van der Waals surface area contributed by atoms with Gasteiger partial charge in [-0.1, -0.05) is 86.2 Å². The number of benzene rings is 2. The highest BCUT2D eigenvalue weighted by atomic mass is 35.6. The van der Waals surface area contributed by atoms with Crippen LogP contribution in [0.5, 0.6) is 0 Å². The zero-order valence-corrected chi connectivity index (χ0v) is 14.1. The fraction of sp³-hybridized carbons (Fsp3) is 0.263. The molecule has 0 radical (unpaired) electrons. The zero-order chi connectivity index (χ0) is 14.7. The Morgan fingerprint density at radius 1 is 0.810 bits per heavy atom. The molecule has 1 heterocycles. The second kappa shape index (κ2) is 6.21. The van der Waals surface area contributed by atoms with Gasteiger partial charge in [-0.05, 0) is 17.2 Å². The van der Waals surface area contributed by atoms with Crippen LogP contribution in [0.2, 0.25) is 6.04 Å². The van der Waals surface area contributed by atoms with Crippen LogP contribution in [0.25, 0.3) is 0 Å². The number of hydrogen-bond acceptors (Lipinski definition) is 0. The van der Waals surface area contributed by atoms with Gasteiger partial charge in [0.1, 0.15) is 0 Å². The van der Waals surface area contributed by atoms with Gasteiger partial charge in [-0.2, -0.15) is 11.1 Å². The third-order valence-electron chi connectivity index (χ3n) is 4.48.